The van der Waals surface area contributed by atoms with E-state index in [0.29, 0.717) is 5.82 Å². The molecule has 0 aromatic carbocycles. The first-order valence-electron chi connectivity index (χ1n) is 6.93. The number of carboxylic acid groups (broad SMARTS) is 1. The second kappa shape index (κ2) is 11.1. The number of pyridine rings is 1. The highest BCUT2D eigenvalue weighted by atomic mass is 19.3. The fourth-order valence-corrected chi connectivity index (χ4v) is 1.32. The summed E-state index contributed by atoms with van der Waals surface area (Å²) < 4.78 is 27.9. The lowest BCUT2D eigenvalue weighted by molar-refractivity contribution is -0.685. The normalized spacial score (nSPS) is 9.92. The van der Waals surface area contributed by atoms with Crippen molar-refractivity contribution in [2.45, 2.75) is 26.3 Å². The maximum atomic E-state index is 11.0. The molecule has 0 aliphatic heterocycles. The van der Waals surface area contributed by atoms with Gasteiger partial charge in [0, 0.05) is 44.3 Å². The molecule has 0 saturated heterocycles. The van der Waals surface area contributed by atoms with Gasteiger partial charge in [-0.1, -0.05) is 0 Å². The van der Waals surface area contributed by atoms with Gasteiger partial charge >= 0.3 is 5.97 Å². The van der Waals surface area contributed by atoms with Crippen LogP contribution in [0.4, 0.5) is 8.78 Å². The Morgan fingerprint density at radius 2 is 1.62 bits per heavy atom. The van der Waals surface area contributed by atoms with Crippen LogP contribution in [0.2, 0.25) is 0 Å². The molecule has 24 heavy (non-hydrogen) atoms. The number of aromatic nitrogens is 3. The van der Waals surface area contributed by atoms with Crippen molar-refractivity contribution >= 4 is 5.97 Å². The van der Waals surface area contributed by atoms with E-state index in [1.807, 2.05) is 0 Å². The van der Waals surface area contributed by atoms with E-state index in [4.69, 9.17) is 5.11 Å². The van der Waals surface area contributed by atoms with Crippen LogP contribution >= 0.6 is 0 Å². The van der Waals surface area contributed by atoms with Gasteiger partial charge in [0.15, 0.2) is 18.2 Å². The summed E-state index contributed by atoms with van der Waals surface area (Å²) in [6, 6.07) is 5.33. The molecule has 0 aliphatic carbocycles. The zero-order chi connectivity index (χ0) is 18.6. The van der Waals surface area contributed by atoms with Gasteiger partial charge in [-0.3, -0.25) is 0 Å². The molecule has 0 fully saturated rings. The fourth-order valence-electron chi connectivity index (χ4n) is 1.32. The number of nitrogens with zero attached hydrogens (tertiary/aromatic N) is 3. The van der Waals surface area contributed by atoms with Crippen LogP contribution in [0, 0.1) is 0 Å². The van der Waals surface area contributed by atoms with Crippen molar-refractivity contribution in [1.29, 1.82) is 0 Å². The predicted molar refractivity (Wildman–Crippen MR) is 84.5 cm³/mol. The molecular weight excluding hydrogens is 320 g/mol. The van der Waals surface area contributed by atoms with Crippen LogP contribution in [0.5, 0.6) is 0 Å². The van der Waals surface area contributed by atoms with Gasteiger partial charge in [0.2, 0.25) is 12.5 Å². The molecule has 132 valence electrons. The number of rotatable bonds is 3. The van der Waals surface area contributed by atoms with Gasteiger partial charge in [-0.25, -0.2) is 23.5 Å². The fraction of sp³-hybridized carbons (Fsp3) is 0.375. The number of aliphatic carboxylic acids is 1. The average Bonchev–Trinajstić information content (AvgIpc) is 2.47. The summed E-state index contributed by atoms with van der Waals surface area (Å²) in [5.74, 6) is -2.74. The number of carboxylic acids is 1. The molecule has 1 N–H and O–H groups in total. The van der Waals surface area contributed by atoms with Crippen LogP contribution in [0.3, 0.4) is 0 Å². The molecule has 0 atom stereocenters. The third-order valence-electron chi connectivity index (χ3n) is 2.03. The lowest BCUT2D eigenvalue weighted by Crippen LogP contribution is -2.36. The molecule has 0 bridgehead atoms. The van der Waals surface area contributed by atoms with Crippen LogP contribution < -0.4 is 4.57 Å². The molecule has 2 aromatic heterocycles. The van der Waals surface area contributed by atoms with Crippen LogP contribution in [0.1, 0.15) is 13.8 Å². The molecule has 0 radical (unpaired) electrons. The smallest absolute Gasteiger partial charge is 0.370 e. The molecule has 2 heterocycles. The van der Waals surface area contributed by atoms with Gasteiger partial charge in [0.25, 0.3) is 0 Å². The van der Waals surface area contributed by atoms with Gasteiger partial charge in [-0.2, -0.15) is 4.57 Å². The van der Waals surface area contributed by atoms with Gasteiger partial charge < -0.3 is 9.84 Å². The van der Waals surface area contributed by atoms with E-state index in [-0.39, 0.29) is 6.54 Å². The van der Waals surface area contributed by atoms with Crippen LogP contribution in [-0.2, 0) is 16.1 Å². The van der Waals surface area contributed by atoms with Crippen molar-refractivity contribution in [2.24, 2.45) is 0 Å². The number of halogens is 2. The first kappa shape index (κ1) is 21.5. The Labute approximate surface area is 139 Å². The molecule has 0 aliphatic rings. The quantitative estimate of drug-likeness (QED) is 0.867. The van der Waals surface area contributed by atoms with Crippen molar-refractivity contribution in [2.75, 3.05) is 14.2 Å². The molecule has 8 heteroatoms. The van der Waals surface area contributed by atoms with E-state index in [9.17, 15) is 13.6 Å². The van der Waals surface area contributed by atoms with Gasteiger partial charge in [0.1, 0.15) is 0 Å². The van der Waals surface area contributed by atoms with Crippen LogP contribution in [-0.4, -0.2) is 41.2 Å². The molecule has 2 aromatic rings. The maximum absolute atomic E-state index is 11.0. The second-order valence-corrected chi connectivity index (χ2v) is 4.96. The van der Waals surface area contributed by atoms with Crippen molar-refractivity contribution in [3.05, 3.63) is 43.0 Å². The van der Waals surface area contributed by atoms with Crippen molar-refractivity contribution < 1.29 is 28.0 Å². The largest absolute Gasteiger partial charge is 0.477 e. The number of carbonyl (C=O) groups is 1. The molecule has 0 spiro atoms. The van der Waals surface area contributed by atoms with Crippen molar-refractivity contribution in [1.82, 2.24) is 9.97 Å². The molecule has 0 unspecified atom stereocenters. The Hall–Kier alpha value is -2.48. The highest BCUT2D eigenvalue weighted by Crippen LogP contribution is 2.10. The van der Waals surface area contributed by atoms with E-state index in [1.54, 1.807) is 61.8 Å². The molecule has 0 amide bonds. The molecule has 0 saturated carbocycles. The highest BCUT2D eigenvalue weighted by molar-refractivity contribution is 5.64. The standard InChI is InChI=1S/C11H9N3O2.C3H6F2.C2H6O/c15-10(16)8-14-6-2-9(3-7-14)11-12-4-1-5-13-11;1-3(2,4)5;1-3-2/h1-7H,8H2;1-2H3;1-2H3/p+1. The van der Waals surface area contributed by atoms with Gasteiger partial charge in [-0.15, -0.1) is 0 Å². The first-order chi connectivity index (χ1) is 11.2. The lowest BCUT2D eigenvalue weighted by atomic mass is 10.2. The number of methoxy groups -OCH3 is 1. The van der Waals surface area contributed by atoms with Crippen LogP contribution in [0.25, 0.3) is 11.4 Å². The summed E-state index contributed by atoms with van der Waals surface area (Å²) in [5.41, 5.74) is 0.863. The van der Waals surface area contributed by atoms with E-state index >= 15 is 0 Å². The zero-order valence-corrected chi connectivity index (χ0v) is 14.1. The number of hydrogen-bond acceptors (Lipinski definition) is 4. The summed E-state index contributed by atoms with van der Waals surface area (Å²) in [6.45, 7) is 1.66. The molecular formula is C16H22F2N3O3+. The highest BCUT2D eigenvalue weighted by Gasteiger charge is 2.08. The Morgan fingerprint density at radius 3 is 2.00 bits per heavy atom. The summed E-state index contributed by atoms with van der Waals surface area (Å²) in [4.78, 5) is 18.7. The Bertz CT molecular complexity index is 582. The van der Waals surface area contributed by atoms with Crippen molar-refractivity contribution in [3.63, 3.8) is 0 Å². The SMILES string of the molecule is CC(C)(F)F.COC.O=C(O)C[n+]1ccc(-c2ncccn2)cc1. The van der Waals surface area contributed by atoms with E-state index in [1.165, 1.54) is 0 Å². The minimum Gasteiger partial charge on any atom is -0.477 e. The monoisotopic (exact) mass is 342 g/mol. The van der Waals surface area contributed by atoms with Gasteiger partial charge in [0.05, 0.1) is 0 Å². The Kier molecular flexibility index (Phi) is 9.97. The number of alkyl halides is 2. The van der Waals surface area contributed by atoms with E-state index < -0.39 is 11.9 Å². The number of ether oxygens (including phenoxy) is 1. The molecule has 2 rings (SSSR count). The summed E-state index contributed by atoms with van der Waals surface area (Å²) >= 11 is 0. The van der Waals surface area contributed by atoms with Crippen LogP contribution in [0.15, 0.2) is 43.0 Å². The Morgan fingerprint density at radius 1 is 1.21 bits per heavy atom. The third kappa shape index (κ3) is 12.1. The minimum atomic E-state index is -2.50. The summed E-state index contributed by atoms with van der Waals surface area (Å²) in [6.07, 6.45) is 6.72. The van der Waals surface area contributed by atoms with E-state index in [2.05, 4.69) is 14.7 Å². The third-order valence-corrected chi connectivity index (χ3v) is 2.03. The number of hydrogen-bond donors (Lipinski definition) is 1. The summed E-state index contributed by atoms with van der Waals surface area (Å²) in [7, 11) is 3.25. The van der Waals surface area contributed by atoms with Gasteiger partial charge in [-0.05, 0) is 19.9 Å². The predicted octanol–water partition coefficient (Wildman–Crippen LogP) is 2.44. The Balaban J connectivity index is 0.000000559. The zero-order valence-electron chi connectivity index (χ0n) is 14.1. The maximum Gasteiger partial charge on any atom is 0.370 e. The van der Waals surface area contributed by atoms with Crippen molar-refractivity contribution in [3.8, 4) is 11.4 Å². The second-order valence-electron chi connectivity index (χ2n) is 4.96. The average molecular weight is 342 g/mol. The topological polar surface area (TPSA) is 76.2 Å². The van der Waals surface area contributed by atoms with E-state index in [0.717, 1.165) is 19.4 Å². The molecule has 6 nitrogen and oxygen atoms in total. The lowest BCUT2D eigenvalue weighted by Gasteiger charge is -1.97. The minimum absolute atomic E-state index is 0.0457. The first-order valence-corrected chi connectivity index (χ1v) is 6.93. The summed E-state index contributed by atoms with van der Waals surface area (Å²) in [5, 5.41) is 8.61.